The average molecular weight is 365 g/mol. The number of ether oxygens (including phenoxy) is 1. The summed E-state index contributed by atoms with van der Waals surface area (Å²) in [5.74, 6) is -1.09. The van der Waals surface area contributed by atoms with Gasteiger partial charge in [-0.05, 0) is 29.8 Å². The highest BCUT2D eigenvalue weighted by atomic mass is 35.5. The fraction of sp³-hybridized carbons (Fsp3) is 0.222. The summed E-state index contributed by atoms with van der Waals surface area (Å²) < 4.78 is 18.5. The maximum absolute atomic E-state index is 13.7. The molecule has 0 bridgehead atoms. The Morgan fingerprint density at radius 2 is 1.96 bits per heavy atom. The number of halogens is 2. The van der Waals surface area contributed by atoms with E-state index in [0.29, 0.717) is 16.1 Å². The highest BCUT2D eigenvalue weighted by Gasteiger charge is 2.14. The maximum Gasteiger partial charge on any atom is 0.253 e. The minimum Gasteiger partial charge on any atom is -0.494 e. The van der Waals surface area contributed by atoms with Crippen LogP contribution in [0.5, 0.6) is 5.75 Å². The number of likely N-dealkylation sites (N-methyl/N-ethyl adjacent to an activating group) is 1. The van der Waals surface area contributed by atoms with Gasteiger partial charge in [0.05, 0.1) is 24.2 Å². The van der Waals surface area contributed by atoms with E-state index in [2.05, 4.69) is 5.32 Å². The number of carbonyl (C=O) groups excluding carboxylic acids is 2. The molecule has 0 fully saturated rings. The zero-order valence-corrected chi connectivity index (χ0v) is 14.6. The minimum atomic E-state index is -0.493. The first-order chi connectivity index (χ1) is 11.9. The van der Waals surface area contributed by atoms with E-state index >= 15 is 0 Å². The molecule has 0 aliphatic heterocycles. The van der Waals surface area contributed by atoms with E-state index in [-0.39, 0.29) is 24.7 Å². The van der Waals surface area contributed by atoms with Crippen LogP contribution in [0.25, 0.3) is 0 Å². The molecular weight excluding hydrogens is 347 g/mol. The van der Waals surface area contributed by atoms with Crippen LogP contribution in [-0.4, -0.2) is 37.4 Å². The van der Waals surface area contributed by atoms with Crippen molar-refractivity contribution in [2.75, 3.05) is 20.7 Å². The third kappa shape index (κ3) is 4.93. The van der Waals surface area contributed by atoms with Crippen molar-refractivity contribution >= 4 is 23.4 Å². The number of carbonyl (C=O) groups is 2. The largest absolute Gasteiger partial charge is 0.494 e. The fourth-order valence-corrected chi connectivity index (χ4v) is 2.42. The van der Waals surface area contributed by atoms with E-state index in [0.717, 1.165) is 0 Å². The molecule has 7 heteroatoms. The first-order valence-corrected chi connectivity index (χ1v) is 7.89. The highest BCUT2D eigenvalue weighted by molar-refractivity contribution is 6.33. The van der Waals surface area contributed by atoms with Crippen molar-refractivity contribution in [2.24, 2.45) is 0 Å². The van der Waals surface area contributed by atoms with Gasteiger partial charge in [-0.15, -0.1) is 0 Å². The number of hydrogen-bond acceptors (Lipinski definition) is 3. The molecule has 132 valence electrons. The summed E-state index contributed by atoms with van der Waals surface area (Å²) in [4.78, 5) is 25.6. The number of nitrogens with zero attached hydrogens (tertiary/aromatic N) is 1. The van der Waals surface area contributed by atoms with E-state index in [1.807, 2.05) is 0 Å². The molecule has 0 heterocycles. The van der Waals surface area contributed by atoms with E-state index < -0.39 is 11.7 Å². The van der Waals surface area contributed by atoms with Gasteiger partial charge in [0.1, 0.15) is 0 Å². The number of nitrogens with one attached hydrogen (secondary N) is 1. The van der Waals surface area contributed by atoms with Gasteiger partial charge in [-0.1, -0.05) is 29.8 Å². The molecular formula is C18H18ClFN2O3. The Kier molecular flexibility index (Phi) is 6.36. The lowest BCUT2D eigenvalue weighted by atomic mass is 10.2. The number of amides is 2. The third-order valence-corrected chi connectivity index (χ3v) is 3.91. The first-order valence-electron chi connectivity index (χ1n) is 7.51. The second-order valence-electron chi connectivity index (χ2n) is 5.38. The Morgan fingerprint density at radius 3 is 2.60 bits per heavy atom. The van der Waals surface area contributed by atoms with Gasteiger partial charge >= 0.3 is 0 Å². The summed E-state index contributed by atoms with van der Waals surface area (Å²) in [6, 6.07) is 11.1. The number of methoxy groups -OCH3 is 1. The molecule has 5 nitrogen and oxygen atoms in total. The summed E-state index contributed by atoms with van der Waals surface area (Å²) in [6.45, 7) is 0.0287. The SMILES string of the molecule is COc1ccc(CN(C)C(=O)CNC(=O)c2ccccc2Cl)cc1F. The molecule has 0 aromatic heterocycles. The number of rotatable bonds is 6. The van der Waals surface area contributed by atoms with E-state index in [4.69, 9.17) is 16.3 Å². The predicted octanol–water partition coefficient (Wildman–Crippen LogP) is 2.88. The van der Waals surface area contributed by atoms with Gasteiger partial charge in [0, 0.05) is 13.6 Å². The number of benzene rings is 2. The highest BCUT2D eigenvalue weighted by Crippen LogP contribution is 2.18. The smallest absolute Gasteiger partial charge is 0.253 e. The maximum atomic E-state index is 13.7. The van der Waals surface area contributed by atoms with Crippen LogP contribution in [-0.2, 0) is 11.3 Å². The topological polar surface area (TPSA) is 58.6 Å². The van der Waals surface area contributed by atoms with Crippen LogP contribution in [0.2, 0.25) is 5.02 Å². The molecule has 0 saturated heterocycles. The molecule has 25 heavy (non-hydrogen) atoms. The molecule has 0 saturated carbocycles. The van der Waals surface area contributed by atoms with Gasteiger partial charge in [0.2, 0.25) is 5.91 Å². The van der Waals surface area contributed by atoms with Gasteiger partial charge < -0.3 is 15.0 Å². The number of hydrogen-bond donors (Lipinski definition) is 1. The fourth-order valence-electron chi connectivity index (χ4n) is 2.20. The molecule has 0 aliphatic rings. The lowest BCUT2D eigenvalue weighted by molar-refractivity contribution is -0.129. The second kappa shape index (κ2) is 8.48. The first kappa shape index (κ1) is 18.7. The van der Waals surface area contributed by atoms with Crippen molar-refractivity contribution in [1.29, 1.82) is 0 Å². The van der Waals surface area contributed by atoms with Crippen LogP contribution < -0.4 is 10.1 Å². The summed E-state index contributed by atoms with van der Waals surface area (Å²) in [5.41, 5.74) is 0.920. The predicted molar refractivity (Wildman–Crippen MR) is 93.2 cm³/mol. The summed E-state index contributed by atoms with van der Waals surface area (Å²) in [7, 11) is 2.96. The van der Waals surface area contributed by atoms with Gasteiger partial charge in [-0.2, -0.15) is 0 Å². The summed E-state index contributed by atoms with van der Waals surface area (Å²) in [6.07, 6.45) is 0. The molecule has 2 aromatic rings. The van der Waals surface area contributed by atoms with Crippen molar-refractivity contribution < 1.29 is 18.7 Å². The normalized spacial score (nSPS) is 10.2. The monoisotopic (exact) mass is 364 g/mol. The van der Waals surface area contributed by atoms with Gasteiger partial charge in [-0.3, -0.25) is 9.59 Å². The van der Waals surface area contributed by atoms with Crippen molar-refractivity contribution in [2.45, 2.75) is 6.54 Å². The molecule has 2 rings (SSSR count). The van der Waals surface area contributed by atoms with Crippen molar-refractivity contribution in [3.8, 4) is 5.75 Å². The second-order valence-corrected chi connectivity index (χ2v) is 5.79. The molecule has 0 atom stereocenters. The van der Waals surface area contributed by atoms with Crippen LogP contribution >= 0.6 is 11.6 Å². The zero-order valence-electron chi connectivity index (χ0n) is 13.9. The molecule has 2 amide bonds. The van der Waals surface area contributed by atoms with Crippen molar-refractivity contribution in [3.05, 3.63) is 64.4 Å². The van der Waals surface area contributed by atoms with Crippen molar-refractivity contribution in [1.82, 2.24) is 10.2 Å². The van der Waals surface area contributed by atoms with Gasteiger partial charge in [-0.25, -0.2) is 4.39 Å². The van der Waals surface area contributed by atoms with Crippen LogP contribution in [0.15, 0.2) is 42.5 Å². The van der Waals surface area contributed by atoms with Gasteiger partial charge in [0.15, 0.2) is 11.6 Å². The van der Waals surface area contributed by atoms with Crippen LogP contribution in [0, 0.1) is 5.82 Å². The zero-order chi connectivity index (χ0) is 18.4. The Hall–Kier alpha value is -2.60. The van der Waals surface area contributed by atoms with Crippen molar-refractivity contribution in [3.63, 3.8) is 0 Å². The van der Waals surface area contributed by atoms with Crippen LogP contribution in [0.3, 0.4) is 0 Å². The Morgan fingerprint density at radius 1 is 1.24 bits per heavy atom. The van der Waals surface area contributed by atoms with Crippen LogP contribution in [0.4, 0.5) is 4.39 Å². The lowest BCUT2D eigenvalue weighted by Crippen LogP contribution is -2.37. The minimum absolute atomic E-state index is 0.143. The Labute approximate surface area is 150 Å². The molecule has 1 N–H and O–H groups in total. The van der Waals surface area contributed by atoms with E-state index in [1.165, 1.54) is 24.1 Å². The standard InChI is InChI=1S/C18H18ClFN2O3/c1-22(11-12-7-8-16(25-2)15(20)9-12)17(23)10-21-18(24)13-5-3-4-6-14(13)19/h3-9H,10-11H2,1-2H3,(H,21,24). The summed E-state index contributed by atoms with van der Waals surface area (Å²) >= 11 is 5.94. The molecule has 0 spiro atoms. The van der Waals surface area contributed by atoms with Crippen LogP contribution in [0.1, 0.15) is 15.9 Å². The lowest BCUT2D eigenvalue weighted by Gasteiger charge is -2.18. The Bertz CT molecular complexity index is 783. The molecule has 0 radical (unpaired) electrons. The average Bonchev–Trinajstić information content (AvgIpc) is 2.60. The molecule has 0 aliphatic carbocycles. The Balaban J connectivity index is 1.91. The van der Waals surface area contributed by atoms with E-state index in [9.17, 15) is 14.0 Å². The van der Waals surface area contributed by atoms with E-state index in [1.54, 1.807) is 37.4 Å². The summed E-state index contributed by atoms with van der Waals surface area (Å²) in [5, 5.41) is 2.84. The molecule has 0 unspecified atom stereocenters. The molecule has 2 aromatic carbocycles. The third-order valence-electron chi connectivity index (χ3n) is 3.58. The van der Waals surface area contributed by atoms with Gasteiger partial charge in [0.25, 0.3) is 5.91 Å². The quantitative estimate of drug-likeness (QED) is 0.857.